The lowest BCUT2D eigenvalue weighted by Crippen LogP contribution is -2.40. The summed E-state index contributed by atoms with van der Waals surface area (Å²) < 4.78 is 5.88. The van der Waals surface area contributed by atoms with Crippen molar-refractivity contribution in [1.82, 2.24) is 5.32 Å². The normalized spacial score (nSPS) is 15.2. The van der Waals surface area contributed by atoms with Crippen molar-refractivity contribution < 1.29 is 9.21 Å². The molecular formula is C24H28N4O3. The summed E-state index contributed by atoms with van der Waals surface area (Å²) in [5.41, 5.74) is 3.86. The molecule has 0 saturated heterocycles. The van der Waals surface area contributed by atoms with Crippen LogP contribution in [-0.4, -0.2) is 13.0 Å². The van der Waals surface area contributed by atoms with Gasteiger partial charge in [-0.3, -0.25) is 14.6 Å². The number of fused-ring (bicyclic) bond motifs is 1. The van der Waals surface area contributed by atoms with E-state index in [1.807, 2.05) is 38.1 Å². The molecule has 0 fully saturated rings. The number of furan rings is 1. The van der Waals surface area contributed by atoms with Gasteiger partial charge in [-0.2, -0.15) is 0 Å². The smallest absolute Gasteiger partial charge is 0.254 e. The van der Waals surface area contributed by atoms with Crippen LogP contribution in [0.4, 0.5) is 17.1 Å². The van der Waals surface area contributed by atoms with E-state index in [0.717, 1.165) is 22.6 Å². The topological polar surface area (TPSA) is 95.7 Å². The predicted octanol–water partition coefficient (Wildman–Crippen LogP) is 3.85. The van der Waals surface area contributed by atoms with Gasteiger partial charge in [-0.25, -0.2) is 0 Å². The van der Waals surface area contributed by atoms with Gasteiger partial charge in [-0.05, 0) is 42.5 Å². The molecule has 1 aliphatic heterocycles. The van der Waals surface area contributed by atoms with Crippen molar-refractivity contribution in [3.05, 3.63) is 68.1 Å². The van der Waals surface area contributed by atoms with Crippen LogP contribution < -0.4 is 26.7 Å². The van der Waals surface area contributed by atoms with Gasteiger partial charge in [0.15, 0.2) is 0 Å². The Labute approximate surface area is 181 Å². The van der Waals surface area contributed by atoms with Crippen LogP contribution in [0.5, 0.6) is 0 Å². The number of hydrogen-bond acceptors (Lipinski definition) is 6. The summed E-state index contributed by atoms with van der Waals surface area (Å²) in [5.74, 6) is 1.47. The Balaban J connectivity index is 1.76. The van der Waals surface area contributed by atoms with Gasteiger partial charge in [0.1, 0.15) is 22.6 Å². The number of rotatable bonds is 5. The number of nitrogens with one attached hydrogen (secondary N) is 3. The van der Waals surface area contributed by atoms with Crippen LogP contribution in [0.25, 0.3) is 0 Å². The zero-order valence-corrected chi connectivity index (χ0v) is 18.8. The number of benzene rings is 1. The van der Waals surface area contributed by atoms with Crippen molar-refractivity contribution in [2.45, 2.75) is 47.2 Å². The number of nitrogens with zero attached hydrogens (tertiary/aromatic N) is 1. The highest BCUT2D eigenvalue weighted by atomic mass is 16.3. The highest BCUT2D eigenvalue weighted by molar-refractivity contribution is 6.05. The average Bonchev–Trinajstić information content (AvgIpc) is 3.28. The molecule has 0 aliphatic carbocycles. The second-order valence-electron chi connectivity index (χ2n) is 9.14. The molecule has 3 N–H and O–H groups in total. The molecule has 0 unspecified atom stereocenters. The monoisotopic (exact) mass is 420 g/mol. The van der Waals surface area contributed by atoms with Crippen LogP contribution in [0, 0.1) is 19.3 Å². The SMILES string of the molecule is CN=c1c(Nc2c(C)ccc3c2C(=O)NC3)c(N[C@@H](c2ccc(C)o2)C(C)(C)C)c1=O. The summed E-state index contributed by atoms with van der Waals surface area (Å²) in [5, 5.41) is 9.97. The Morgan fingerprint density at radius 3 is 2.42 bits per heavy atom. The Morgan fingerprint density at radius 2 is 1.81 bits per heavy atom. The van der Waals surface area contributed by atoms with Crippen LogP contribution in [0.3, 0.4) is 0 Å². The third-order valence-electron chi connectivity index (χ3n) is 5.77. The van der Waals surface area contributed by atoms with Crippen LogP contribution >= 0.6 is 0 Å². The van der Waals surface area contributed by atoms with Crippen molar-refractivity contribution in [3.63, 3.8) is 0 Å². The predicted molar refractivity (Wildman–Crippen MR) is 121 cm³/mol. The van der Waals surface area contributed by atoms with Crippen LogP contribution in [0.15, 0.2) is 38.5 Å². The zero-order chi connectivity index (χ0) is 22.5. The van der Waals surface area contributed by atoms with Crippen molar-refractivity contribution >= 4 is 23.0 Å². The Morgan fingerprint density at radius 1 is 1.06 bits per heavy atom. The molecule has 0 saturated carbocycles. The Kier molecular flexibility index (Phi) is 5.00. The molecule has 2 heterocycles. The van der Waals surface area contributed by atoms with Gasteiger partial charge in [0, 0.05) is 13.6 Å². The van der Waals surface area contributed by atoms with Crippen LogP contribution in [-0.2, 0) is 6.54 Å². The lowest BCUT2D eigenvalue weighted by Gasteiger charge is -2.32. The van der Waals surface area contributed by atoms with E-state index < -0.39 is 0 Å². The molecule has 2 aromatic carbocycles. The van der Waals surface area contributed by atoms with E-state index >= 15 is 0 Å². The standard InChI is InChI=1S/C24H28N4O3/c1-12-7-9-14-11-26-23(30)16(14)17(12)27-18-19(25-6)21(29)20(18)28-22(24(3,4)5)15-10-8-13(2)31-15/h7-10,22,27-28H,11H2,1-6H3,(H,26,30)/t22-/m0/s1. The third-order valence-corrected chi connectivity index (χ3v) is 5.77. The molecule has 0 radical (unpaired) electrons. The number of amides is 1. The number of carbonyl (C=O) groups excluding carboxylic acids is 1. The van der Waals surface area contributed by atoms with Gasteiger partial charge >= 0.3 is 0 Å². The minimum Gasteiger partial charge on any atom is -0.464 e. The summed E-state index contributed by atoms with van der Waals surface area (Å²) in [6.45, 7) is 10.6. The number of aryl methyl sites for hydroxylation is 2. The van der Waals surface area contributed by atoms with Gasteiger partial charge in [0.2, 0.25) is 5.43 Å². The van der Waals surface area contributed by atoms with E-state index in [1.54, 1.807) is 7.05 Å². The van der Waals surface area contributed by atoms with Gasteiger partial charge in [0.25, 0.3) is 5.91 Å². The van der Waals surface area contributed by atoms with E-state index in [0.29, 0.717) is 34.5 Å². The molecule has 162 valence electrons. The van der Waals surface area contributed by atoms with Crippen molar-refractivity contribution in [3.8, 4) is 0 Å². The third kappa shape index (κ3) is 3.54. The molecule has 7 nitrogen and oxygen atoms in total. The summed E-state index contributed by atoms with van der Waals surface area (Å²) in [4.78, 5) is 29.5. The van der Waals surface area contributed by atoms with E-state index in [1.165, 1.54) is 0 Å². The fourth-order valence-electron chi connectivity index (χ4n) is 4.05. The Bertz CT molecular complexity index is 1250. The van der Waals surface area contributed by atoms with Crippen LogP contribution in [0.1, 0.15) is 59.8 Å². The van der Waals surface area contributed by atoms with E-state index in [4.69, 9.17) is 4.42 Å². The first-order chi connectivity index (χ1) is 14.6. The summed E-state index contributed by atoms with van der Waals surface area (Å²) in [7, 11) is 1.60. The molecule has 4 rings (SSSR count). The minimum atomic E-state index is -0.221. The first-order valence-corrected chi connectivity index (χ1v) is 10.4. The first-order valence-electron chi connectivity index (χ1n) is 10.4. The minimum absolute atomic E-state index is 0.115. The summed E-state index contributed by atoms with van der Waals surface area (Å²) >= 11 is 0. The summed E-state index contributed by atoms with van der Waals surface area (Å²) in [6.07, 6.45) is 0. The van der Waals surface area contributed by atoms with Crippen molar-refractivity contribution in [2.75, 3.05) is 17.7 Å². The number of carbonyl (C=O) groups is 1. The van der Waals surface area contributed by atoms with E-state index in [-0.39, 0.29) is 22.8 Å². The highest BCUT2D eigenvalue weighted by Crippen LogP contribution is 2.38. The van der Waals surface area contributed by atoms with E-state index in [9.17, 15) is 9.59 Å². The Hall–Kier alpha value is -3.35. The van der Waals surface area contributed by atoms with Gasteiger partial charge in [0.05, 0.1) is 23.0 Å². The largest absolute Gasteiger partial charge is 0.464 e. The molecule has 7 heteroatoms. The molecular weight excluding hydrogens is 392 g/mol. The molecule has 1 amide bonds. The van der Waals surface area contributed by atoms with Crippen LogP contribution in [0.2, 0.25) is 0 Å². The lowest BCUT2D eigenvalue weighted by atomic mass is 9.84. The van der Waals surface area contributed by atoms with E-state index in [2.05, 4.69) is 41.7 Å². The maximum atomic E-state index is 12.9. The number of hydrogen-bond donors (Lipinski definition) is 3. The first kappa shape index (κ1) is 20.9. The average molecular weight is 421 g/mol. The lowest BCUT2D eigenvalue weighted by molar-refractivity contribution is 0.0966. The highest BCUT2D eigenvalue weighted by Gasteiger charge is 2.33. The fraction of sp³-hybridized carbons (Fsp3) is 0.375. The molecule has 1 aromatic heterocycles. The van der Waals surface area contributed by atoms with Gasteiger partial charge in [-0.1, -0.05) is 32.9 Å². The quantitative estimate of drug-likeness (QED) is 0.583. The maximum absolute atomic E-state index is 12.9. The molecule has 0 bridgehead atoms. The second kappa shape index (κ2) is 7.41. The van der Waals surface area contributed by atoms with Gasteiger partial charge < -0.3 is 20.4 Å². The van der Waals surface area contributed by atoms with Crippen molar-refractivity contribution in [1.29, 1.82) is 0 Å². The fourth-order valence-corrected chi connectivity index (χ4v) is 4.05. The molecule has 0 spiro atoms. The molecule has 1 aliphatic rings. The molecule has 3 aromatic rings. The molecule has 31 heavy (non-hydrogen) atoms. The van der Waals surface area contributed by atoms with Crippen molar-refractivity contribution in [2.24, 2.45) is 10.4 Å². The summed E-state index contributed by atoms with van der Waals surface area (Å²) in [6, 6.07) is 7.56. The maximum Gasteiger partial charge on any atom is 0.254 e. The molecule has 1 atom stereocenters. The second-order valence-corrected chi connectivity index (χ2v) is 9.14. The zero-order valence-electron chi connectivity index (χ0n) is 18.8. The number of anilines is 3. The van der Waals surface area contributed by atoms with Gasteiger partial charge in [-0.15, -0.1) is 0 Å².